The van der Waals surface area contributed by atoms with Gasteiger partial charge >= 0.3 is 5.97 Å². The van der Waals surface area contributed by atoms with E-state index in [2.05, 4.69) is 0 Å². The van der Waals surface area contributed by atoms with Gasteiger partial charge in [0.15, 0.2) is 0 Å². The zero-order valence-corrected chi connectivity index (χ0v) is 13.6. The second-order valence-electron chi connectivity index (χ2n) is 5.90. The van der Waals surface area contributed by atoms with Crippen LogP contribution in [0.4, 0.5) is 4.39 Å². The van der Waals surface area contributed by atoms with E-state index in [0.717, 1.165) is 0 Å². The second-order valence-corrected chi connectivity index (χ2v) is 5.90. The van der Waals surface area contributed by atoms with Crippen molar-refractivity contribution in [1.29, 1.82) is 0 Å². The van der Waals surface area contributed by atoms with Crippen molar-refractivity contribution in [3.63, 3.8) is 0 Å². The van der Waals surface area contributed by atoms with Gasteiger partial charge in [-0.3, -0.25) is 14.4 Å². The molecule has 1 aliphatic heterocycles. The number of carboxylic acid groups (broad SMARTS) is 1. The molecule has 0 spiro atoms. The SMILES string of the molecule is CC(=O)N(CC(=O)O)C1CCCN(C(=O)c2ccccc2F)CC1. The number of carboxylic acids is 1. The molecule has 6 nitrogen and oxygen atoms in total. The molecule has 0 bridgehead atoms. The van der Waals surface area contributed by atoms with Crippen LogP contribution in [0, 0.1) is 5.82 Å². The first-order valence-electron chi connectivity index (χ1n) is 7.93. The van der Waals surface area contributed by atoms with Crippen LogP contribution in [0.5, 0.6) is 0 Å². The quantitative estimate of drug-likeness (QED) is 0.909. The summed E-state index contributed by atoms with van der Waals surface area (Å²) >= 11 is 0. The lowest BCUT2D eigenvalue weighted by Gasteiger charge is -2.28. The van der Waals surface area contributed by atoms with Gasteiger partial charge in [0.1, 0.15) is 12.4 Å². The van der Waals surface area contributed by atoms with Gasteiger partial charge in [-0.1, -0.05) is 12.1 Å². The first kappa shape index (κ1) is 17.9. The number of carbonyl (C=O) groups excluding carboxylic acids is 2. The zero-order valence-electron chi connectivity index (χ0n) is 13.6. The maximum absolute atomic E-state index is 13.8. The standard InChI is InChI=1S/C17H21FN2O4/c1-12(21)20(11-16(22)23)13-5-4-9-19(10-8-13)17(24)14-6-2-3-7-15(14)18/h2-3,6-7,13H,4-5,8-11H2,1H3,(H,22,23). The lowest BCUT2D eigenvalue weighted by Crippen LogP contribution is -2.43. The molecule has 0 saturated carbocycles. The normalized spacial score (nSPS) is 17.9. The fourth-order valence-corrected chi connectivity index (χ4v) is 3.04. The minimum atomic E-state index is -1.06. The fourth-order valence-electron chi connectivity index (χ4n) is 3.04. The summed E-state index contributed by atoms with van der Waals surface area (Å²) in [5, 5.41) is 8.95. The van der Waals surface area contributed by atoms with Crippen LogP contribution >= 0.6 is 0 Å². The number of nitrogens with zero attached hydrogens (tertiary/aromatic N) is 2. The number of hydrogen-bond acceptors (Lipinski definition) is 3. The van der Waals surface area contributed by atoms with E-state index < -0.39 is 11.8 Å². The Labute approximate surface area is 139 Å². The predicted molar refractivity (Wildman–Crippen MR) is 85.0 cm³/mol. The third-order valence-electron chi connectivity index (χ3n) is 4.24. The lowest BCUT2D eigenvalue weighted by molar-refractivity contribution is -0.145. The first-order valence-corrected chi connectivity index (χ1v) is 7.93. The number of aliphatic carboxylic acids is 1. The number of rotatable bonds is 4. The molecule has 1 aliphatic rings. The van der Waals surface area contributed by atoms with Crippen LogP contribution in [0.2, 0.25) is 0 Å². The van der Waals surface area contributed by atoms with Gasteiger partial charge in [0.25, 0.3) is 5.91 Å². The molecule has 1 atom stereocenters. The molecule has 130 valence electrons. The minimum Gasteiger partial charge on any atom is -0.480 e. The van der Waals surface area contributed by atoms with Crippen LogP contribution in [0.25, 0.3) is 0 Å². The van der Waals surface area contributed by atoms with Crippen LogP contribution in [-0.2, 0) is 9.59 Å². The van der Waals surface area contributed by atoms with E-state index in [1.54, 1.807) is 11.0 Å². The van der Waals surface area contributed by atoms with E-state index in [0.29, 0.717) is 32.4 Å². The Hall–Kier alpha value is -2.44. The Morgan fingerprint density at radius 3 is 2.58 bits per heavy atom. The Morgan fingerprint density at radius 2 is 1.96 bits per heavy atom. The van der Waals surface area contributed by atoms with Crippen molar-refractivity contribution in [3.8, 4) is 0 Å². The highest BCUT2D eigenvalue weighted by Gasteiger charge is 2.28. The van der Waals surface area contributed by atoms with Crippen molar-refractivity contribution in [2.45, 2.75) is 32.2 Å². The third kappa shape index (κ3) is 4.31. The number of carbonyl (C=O) groups is 3. The van der Waals surface area contributed by atoms with E-state index in [9.17, 15) is 18.8 Å². The fraction of sp³-hybridized carbons (Fsp3) is 0.471. The number of halogens is 1. The predicted octanol–water partition coefficient (Wildman–Crippen LogP) is 1.75. The molecule has 0 aliphatic carbocycles. The zero-order chi connectivity index (χ0) is 17.7. The summed E-state index contributed by atoms with van der Waals surface area (Å²) in [6.07, 6.45) is 1.73. The average molecular weight is 336 g/mol. The molecule has 2 rings (SSSR count). The molecule has 0 radical (unpaired) electrons. The highest BCUT2D eigenvalue weighted by Crippen LogP contribution is 2.19. The van der Waals surface area contributed by atoms with Crippen LogP contribution in [0.3, 0.4) is 0 Å². The molecule has 24 heavy (non-hydrogen) atoms. The third-order valence-corrected chi connectivity index (χ3v) is 4.24. The Morgan fingerprint density at radius 1 is 1.25 bits per heavy atom. The maximum atomic E-state index is 13.8. The van der Waals surface area contributed by atoms with Crippen molar-refractivity contribution in [3.05, 3.63) is 35.6 Å². The van der Waals surface area contributed by atoms with Crippen LogP contribution in [0.1, 0.15) is 36.5 Å². The molecule has 1 aromatic rings. The van der Waals surface area contributed by atoms with Gasteiger partial charge in [0.2, 0.25) is 5.91 Å². The molecule has 7 heteroatoms. The van der Waals surface area contributed by atoms with Gasteiger partial charge in [-0.15, -0.1) is 0 Å². The Kier molecular flexibility index (Phi) is 5.89. The molecule has 1 N–H and O–H groups in total. The number of benzene rings is 1. The second kappa shape index (κ2) is 7.90. The lowest BCUT2D eigenvalue weighted by atomic mass is 10.1. The van der Waals surface area contributed by atoms with Crippen molar-refractivity contribution in [2.24, 2.45) is 0 Å². The van der Waals surface area contributed by atoms with Gasteiger partial charge in [0, 0.05) is 26.1 Å². The van der Waals surface area contributed by atoms with E-state index >= 15 is 0 Å². The maximum Gasteiger partial charge on any atom is 0.323 e. The van der Waals surface area contributed by atoms with Gasteiger partial charge < -0.3 is 14.9 Å². The molecular formula is C17H21FN2O4. The summed E-state index contributed by atoms with van der Waals surface area (Å²) in [5.41, 5.74) is 0.0323. The molecule has 1 heterocycles. The molecule has 2 amide bonds. The van der Waals surface area contributed by atoms with Crippen molar-refractivity contribution in [1.82, 2.24) is 9.80 Å². The Balaban J connectivity index is 2.07. The largest absolute Gasteiger partial charge is 0.480 e. The van der Waals surface area contributed by atoms with Crippen molar-refractivity contribution < 1.29 is 23.9 Å². The monoisotopic (exact) mass is 336 g/mol. The van der Waals surface area contributed by atoms with Crippen LogP contribution in [-0.4, -0.2) is 58.4 Å². The summed E-state index contributed by atoms with van der Waals surface area (Å²) in [7, 11) is 0. The van der Waals surface area contributed by atoms with E-state index in [-0.39, 0.29) is 30.0 Å². The van der Waals surface area contributed by atoms with Gasteiger partial charge in [-0.05, 0) is 31.4 Å². The highest BCUT2D eigenvalue weighted by atomic mass is 19.1. The average Bonchev–Trinajstić information content (AvgIpc) is 2.78. The number of hydrogen-bond donors (Lipinski definition) is 1. The summed E-state index contributed by atoms with van der Waals surface area (Å²) in [6.45, 7) is 1.82. The molecule has 1 aromatic carbocycles. The molecular weight excluding hydrogens is 315 g/mol. The molecule has 1 unspecified atom stereocenters. The van der Waals surface area contributed by atoms with Gasteiger partial charge in [0.05, 0.1) is 5.56 Å². The Bertz CT molecular complexity index is 635. The van der Waals surface area contributed by atoms with Crippen molar-refractivity contribution >= 4 is 17.8 Å². The van der Waals surface area contributed by atoms with Crippen LogP contribution < -0.4 is 0 Å². The van der Waals surface area contributed by atoms with E-state index in [1.807, 2.05) is 0 Å². The highest BCUT2D eigenvalue weighted by molar-refractivity contribution is 5.94. The van der Waals surface area contributed by atoms with E-state index in [4.69, 9.17) is 5.11 Å². The summed E-state index contributed by atoms with van der Waals surface area (Å²) in [4.78, 5) is 38.0. The number of amides is 2. The summed E-state index contributed by atoms with van der Waals surface area (Å²) < 4.78 is 13.8. The minimum absolute atomic E-state index is 0.0323. The van der Waals surface area contributed by atoms with Gasteiger partial charge in [-0.25, -0.2) is 4.39 Å². The molecule has 1 fully saturated rings. The van der Waals surface area contributed by atoms with E-state index in [1.165, 1.54) is 30.0 Å². The van der Waals surface area contributed by atoms with Gasteiger partial charge in [-0.2, -0.15) is 0 Å². The summed E-state index contributed by atoms with van der Waals surface area (Å²) in [6, 6.07) is 5.62. The molecule has 1 saturated heterocycles. The van der Waals surface area contributed by atoms with Crippen molar-refractivity contribution in [2.75, 3.05) is 19.6 Å². The topological polar surface area (TPSA) is 77.9 Å². The molecule has 0 aromatic heterocycles. The number of likely N-dealkylation sites (tertiary alicyclic amines) is 1. The summed E-state index contributed by atoms with van der Waals surface area (Å²) in [5.74, 6) is -2.29. The smallest absolute Gasteiger partial charge is 0.323 e. The van der Waals surface area contributed by atoms with Crippen LogP contribution in [0.15, 0.2) is 24.3 Å². The first-order chi connectivity index (χ1) is 11.4.